The number of nitrogens with one attached hydrogen (secondary N) is 1. The van der Waals surface area contributed by atoms with Gasteiger partial charge in [0.05, 0.1) is 17.5 Å². The smallest absolute Gasteiger partial charge is 0.242 e. The Morgan fingerprint density at radius 2 is 1.61 bits per heavy atom. The van der Waals surface area contributed by atoms with Crippen LogP contribution in [-0.2, 0) is 27.9 Å². The quantitative estimate of drug-likeness (QED) is 0.298. The summed E-state index contributed by atoms with van der Waals surface area (Å²) in [5.41, 5.74) is 4.51. The predicted octanol–water partition coefficient (Wildman–Crippen LogP) is 5.05. The van der Waals surface area contributed by atoms with Crippen LogP contribution in [0, 0.1) is 19.3 Å². The third-order valence-electron chi connectivity index (χ3n) is 9.60. The lowest BCUT2D eigenvalue weighted by Crippen LogP contribution is -2.48. The molecule has 2 aliphatic rings. The molecule has 2 aromatic carbocycles. The van der Waals surface area contributed by atoms with E-state index in [0.717, 1.165) is 68.3 Å². The van der Waals surface area contributed by atoms with Crippen molar-refractivity contribution in [1.82, 2.24) is 19.2 Å². The second-order valence-corrected chi connectivity index (χ2v) is 14.0. The van der Waals surface area contributed by atoms with E-state index in [2.05, 4.69) is 26.7 Å². The maximum Gasteiger partial charge on any atom is 0.242 e. The summed E-state index contributed by atoms with van der Waals surface area (Å²) in [6, 6.07) is 15.4. The summed E-state index contributed by atoms with van der Waals surface area (Å²) < 4.78 is 36.8. The molecule has 0 unspecified atom stereocenters. The molecule has 0 saturated carbocycles. The number of rotatable bonds is 8. The number of ether oxygens (including phenoxy) is 1. The standard InChI is InChI=1S/C34H41N5O4S/c1-25-21-30(43-3)22-26(2)33(25)44(41,42)36-23-28-6-4-5-27-9-16-39(32(27)28)24-31(40)38-19-12-34(13-20-38)10-17-37(18-11-34)29-7-14-35-15-8-29/h4-9,14-16,21-22,36H,10-13,17-20,23-24H2,1-3H3. The maximum absolute atomic E-state index is 13.5. The number of pyridine rings is 1. The zero-order valence-corrected chi connectivity index (χ0v) is 26.6. The topological polar surface area (TPSA) is 96.8 Å². The predicted molar refractivity (Wildman–Crippen MR) is 172 cm³/mol. The fourth-order valence-corrected chi connectivity index (χ4v) is 8.54. The van der Waals surface area contributed by atoms with Crippen molar-refractivity contribution in [3.63, 3.8) is 0 Å². The van der Waals surface area contributed by atoms with Gasteiger partial charge >= 0.3 is 0 Å². The summed E-state index contributed by atoms with van der Waals surface area (Å²) in [7, 11) is -2.21. The number of amides is 1. The molecule has 4 heterocycles. The zero-order chi connectivity index (χ0) is 30.9. The lowest BCUT2D eigenvalue weighted by atomic mass is 9.71. The molecule has 1 spiro atoms. The highest BCUT2D eigenvalue weighted by Crippen LogP contribution is 2.42. The van der Waals surface area contributed by atoms with Crippen LogP contribution < -0.4 is 14.4 Å². The molecule has 4 aromatic rings. The second kappa shape index (κ2) is 12.2. The molecular weight excluding hydrogens is 574 g/mol. The molecule has 2 aromatic heterocycles. The number of para-hydroxylation sites is 1. The third-order valence-corrected chi connectivity index (χ3v) is 11.3. The number of piperidine rings is 2. The molecule has 0 radical (unpaired) electrons. The zero-order valence-electron chi connectivity index (χ0n) is 25.8. The van der Waals surface area contributed by atoms with Crippen LogP contribution in [0.1, 0.15) is 42.4 Å². The van der Waals surface area contributed by atoms with Crippen molar-refractivity contribution in [1.29, 1.82) is 0 Å². The van der Waals surface area contributed by atoms with Gasteiger partial charge in [0.1, 0.15) is 12.3 Å². The number of carbonyl (C=O) groups excluding carboxylic acids is 1. The van der Waals surface area contributed by atoms with E-state index in [0.29, 0.717) is 22.3 Å². The number of aromatic nitrogens is 2. The van der Waals surface area contributed by atoms with Crippen molar-refractivity contribution in [2.75, 3.05) is 38.2 Å². The Labute approximate surface area is 259 Å². The number of hydrogen-bond acceptors (Lipinski definition) is 6. The first-order chi connectivity index (χ1) is 21.2. The first-order valence-corrected chi connectivity index (χ1v) is 16.8. The lowest BCUT2D eigenvalue weighted by Gasteiger charge is -2.47. The van der Waals surface area contributed by atoms with Crippen molar-refractivity contribution in [3.8, 4) is 5.75 Å². The Bertz CT molecular complexity index is 1730. The van der Waals surface area contributed by atoms with Crippen LogP contribution in [0.15, 0.2) is 72.0 Å². The number of sulfonamides is 1. The normalized spacial score (nSPS) is 16.9. The van der Waals surface area contributed by atoms with Gasteiger partial charge < -0.3 is 19.1 Å². The summed E-state index contributed by atoms with van der Waals surface area (Å²) >= 11 is 0. The Hall–Kier alpha value is -3.89. The van der Waals surface area contributed by atoms with E-state index in [1.54, 1.807) is 33.1 Å². The van der Waals surface area contributed by atoms with Crippen LogP contribution in [0.25, 0.3) is 10.9 Å². The number of benzene rings is 2. The monoisotopic (exact) mass is 615 g/mol. The van der Waals surface area contributed by atoms with E-state index in [1.165, 1.54) is 5.69 Å². The van der Waals surface area contributed by atoms with Crippen molar-refractivity contribution in [3.05, 3.63) is 83.8 Å². The van der Waals surface area contributed by atoms with Gasteiger partial charge in [0.25, 0.3) is 0 Å². The van der Waals surface area contributed by atoms with Gasteiger partial charge in [-0.3, -0.25) is 9.78 Å². The Balaban J connectivity index is 1.10. The SMILES string of the molecule is COc1cc(C)c(S(=O)(=O)NCc2cccc3ccn(CC(=O)N4CCC5(CC4)CCN(c4ccncc4)CC5)c23)c(C)c1. The van der Waals surface area contributed by atoms with Gasteiger partial charge in [0.2, 0.25) is 15.9 Å². The number of nitrogens with zero attached hydrogens (tertiary/aromatic N) is 4. The van der Waals surface area contributed by atoms with Gasteiger partial charge in [-0.1, -0.05) is 18.2 Å². The molecule has 2 saturated heterocycles. The highest BCUT2D eigenvalue weighted by Gasteiger charge is 2.38. The number of fused-ring (bicyclic) bond motifs is 1. The molecular formula is C34H41N5O4S. The minimum Gasteiger partial charge on any atom is -0.497 e. The summed E-state index contributed by atoms with van der Waals surface area (Å²) in [6.45, 7) is 7.53. The van der Waals surface area contributed by atoms with Crippen LogP contribution in [0.2, 0.25) is 0 Å². The fraction of sp³-hybridized carbons (Fsp3) is 0.412. The number of methoxy groups -OCH3 is 1. The van der Waals surface area contributed by atoms with Crippen LogP contribution in [0.4, 0.5) is 5.69 Å². The largest absolute Gasteiger partial charge is 0.497 e. The van der Waals surface area contributed by atoms with E-state index in [-0.39, 0.29) is 23.9 Å². The molecule has 44 heavy (non-hydrogen) atoms. The molecule has 232 valence electrons. The summed E-state index contributed by atoms with van der Waals surface area (Å²) in [5.74, 6) is 0.730. The Kier molecular flexibility index (Phi) is 8.39. The molecule has 6 rings (SSSR count). The molecule has 9 nitrogen and oxygen atoms in total. The van der Waals surface area contributed by atoms with E-state index in [9.17, 15) is 13.2 Å². The maximum atomic E-state index is 13.5. The molecule has 0 aliphatic carbocycles. The van der Waals surface area contributed by atoms with Crippen LogP contribution in [-0.4, -0.2) is 62.1 Å². The molecule has 0 atom stereocenters. The second-order valence-electron chi connectivity index (χ2n) is 12.3. The van der Waals surface area contributed by atoms with Crippen LogP contribution in [0.3, 0.4) is 0 Å². The van der Waals surface area contributed by atoms with Crippen molar-refractivity contribution in [2.45, 2.75) is 57.5 Å². The Morgan fingerprint density at radius 1 is 0.955 bits per heavy atom. The highest BCUT2D eigenvalue weighted by molar-refractivity contribution is 7.89. The number of hydrogen-bond donors (Lipinski definition) is 1. The van der Waals surface area contributed by atoms with Crippen molar-refractivity contribution in [2.24, 2.45) is 5.41 Å². The minimum absolute atomic E-state index is 0.103. The first kappa shape index (κ1) is 30.1. The van der Waals surface area contributed by atoms with E-state index >= 15 is 0 Å². The Morgan fingerprint density at radius 3 is 2.27 bits per heavy atom. The average molecular weight is 616 g/mol. The van der Waals surface area contributed by atoms with Gasteiger partial charge in [0.15, 0.2) is 0 Å². The van der Waals surface area contributed by atoms with E-state index in [4.69, 9.17) is 4.74 Å². The highest BCUT2D eigenvalue weighted by atomic mass is 32.2. The lowest BCUT2D eigenvalue weighted by molar-refractivity contribution is -0.134. The van der Waals surface area contributed by atoms with Gasteiger partial charge in [-0.05, 0) is 97.4 Å². The van der Waals surface area contributed by atoms with Gasteiger partial charge in [-0.15, -0.1) is 0 Å². The summed E-state index contributed by atoms with van der Waals surface area (Å²) in [6.07, 6.45) is 9.99. The first-order valence-electron chi connectivity index (χ1n) is 15.3. The third kappa shape index (κ3) is 6.05. The number of carbonyl (C=O) groups is 1. The van der Waals surface area contributed by atoms with Crippen LogP contribution in [0.5, 0.6) is 5.75 Å². The van der Waals surface area contributed by atoms with Gasteiger partial charge in [0, 0.05) is 57.0 Å². The molecule has 1 amide bonds. The van der Waals surface area contributed by atoms with E-state index < -0.39 is 10.0 Å². The fourth-order valence-electron chi connectivity index (χ4n) is 7.08. The summed E-state index contributed by atoms with van der Waals surface area (Å²) in [4.78, 5) is 22.4. The molecule has 2 fully saturated rings. The van der Waals surface area contributed by atoms with E-state index in [1.807, 2.05) is 52.3 Å². The number of likely N-dealkylation sites (tertiary alicyclic amines) is 1. The molecule has 0 bridgehead atoms. The van der Waals surface area contributed by atoms with Crippen molar-refractivity contribution >= 4 is 32.5 Å². The number of aryl methyl sites for hydroxylation is 2. The molecule has 2 aliphatic heterocycles. The number of anilines is 1. The van der Waals surface area contributed by atoms with Crippen molar-refractivity contribution < 1.29 is 17.9 Å². The minimum atomic E-state index is -3.78. The average Bonchev–Trinajstić information content (AvgIpc) is 3.44. The van der Waals surface area contributed by atoms with Gasteiger partial charge in [-0.25, -0.2) is 13.1 Å². The molecule has 10 heteroatoms. The molecule has 1 N–H and O–H groups in total. The van der Waals surface area contributed by atoms with Gasteiger partial charge in [-0.2, -0.15) is 0 Å². The summed E-state index contributed by atoms with van der Waals surface area (Å²) in [5, 5.41) is 0.977. The van der Waals surface area contributed by atoms with Crippen LogP contribution >= 0.6 is 0 Å².